The number of nitrogens with zero attached hydrogens (tertiary/aromatic N) is 1. The topological polar surface area (TPSA) is 97.4 Å². The molecule has 0 unspecified atom stereocenters. The van der Waals surface area contributed by atoms with Crippen molar-refractivity contribution in [2.24, 2.45) is 0 Å². The minimum absolute atomic E-state index is 0.00497. The van der Waals surface area contributed by atoms with Crippen molar-refractivity contribution >= 4 is 21.6 Å². The number of nitrogens with one attached hydrogen (secondary N) is 2. The van der Waals surface area contributed by atoms with E-state index in [1.54, 1.807) is 60.9 Å². The minimum Gasteiger partial charge on any atom is -0.457 e. The lowest BCUT2D eigenvalue weighted by molar-refractivity contribution is 0.102. The Balaban J connectivity index is 1.43. The summed E-state index contributed by atoms with van der Waals surface area (Å²) in [6.07, 6.45) is 4.97. The lowest BCUT2D eigenvalue weighted by Crippen LogP contribution is -2.26. The average molecular weight is 409 g/mol. The number of benzene rings is 2. The third-order valence-corrected chi connectivity index (χ3v) is 5.82. The Bertz CT molecular complexity index is 1110. The van der Waals surface area contributed by atoms with Crippen LogP contribution in [0.5, 0.6) is 11.5 Å². The summed E-state index contributed by atoms with van der Waals surface area (Å²) in [5, 5.41) is 2.76. The molecule has 0 saturated heterocycles. The minimum atomic E-state index is -3.61. The summed E-state index contributed by atoms with van der Waals surface area (Å²) in [6, 6.07) is 16.4. The van der Waals surface area contributed by atoms with Gasteiger partial charge in [-0.3, -0.25) is 9.78 Å². The Morgan fingerprint density at radius 2 is 1.66 bits per heavy atom. The zero-order valence-electron chi connectivity index (χ0n) is 15.4. The molecule has 1 saturated carbocycles. The number of carbonyl (C=O) groups excluding carboxylic acids is 1. The Morgan fingerprint density at radius 3 is 2.34 bits per heavy atom. The average Bonchev–Trinajstić information content (AvgIpc) is 3.54. The first-order valence-corrected chi connectivity index (χ1v) is 10.6. The first-order chi connectivity index (χ1) is 14.0. The number of hydrogen-bond donors (Lipinski definition) is 2. The monoisotopic (exact) mass is 409 g/mol. The van der Waals surface area contributed by atoms with Crippen LogP contribution >= 0.6 is 0 Å². The smallest absolute Gasteiger partial charge is 0.255 e. The Hall–Kier alpha value is -3.23. The van der Waals surface area contributed by atoms with Crippen molar-refractivity contribution in [3.8, 4) is 11.5 Å². The van der Waals surface area contributed by atoms with E-state index in [9.17, 15) is 13.2 Å². The highest BCUT2D eigenvalue weighted by Gasteiger charge is 2.28. The Labute approximate surface area is 168 Å². The first kappa shape index (κ1) is 19.1. The maximum Gasteiger partial charge on any atom is 0.255 e. The van der Waals surface area contributed by atoms with E-state index in [1.807, 2.05) is 0 Å². The fourth-order valence-electron chi connectivity index (χ4n) is 2.65. The summed E-state index contributed by atoms with van der Waals surface area (Å²) in [5.74, 6) is 0.888. The zero-order chi connectivity index (χ0) is 20.3. The molecule has 1 aromatic heterocycles. The quantitative estimate of drug-likeness (QED) is 0.622. The van der Waals surface area contributed by atoms with Crippen molar-refractivity contribution in [3.05, 3.63) is 78.6 Å². The Morgan fingerprint density at radius 1 is 0.966 bits per heavy atom. The summed E-state index contributed by atoms with van der Waals surface area (Å²) in [7, 11) is -3.61. The molecule has 3 aromatic rings. The van der Waals surface area contributed by atoms with Gasteiger partial charge in [-0.05, 0) is 67.4 Å². The molecule has 1 fully saturated rings. The molecular weight excluding hydrogens is 390 g/mol. The van der Waals surface area contributed by atoms with Crippen molar-refractivity contribution < 1.29 is 17.9 Å². The van der Waals surface area contributed by atoms with E-state index < -0.39 is 15.9 Å². The van der Waals surface area contributed by atoms with E-state index in [2.05, 4.69) is 15.0 Å². The molecule has 1 amide bonds. The van der Waals surface area contributed by atoms with Crippen molar-refractivity contribution in [1.29, 1.82) is 0 Å². The van der Waals surface area contributed by atoms with E-state index in [0.29, 0.717) is 17.2 Å². The number of amides is 1. The molecule has 4 rings (SSSR count). The van der Waals surface area contributed by atoms with Crippen LogP contribution in [-0.2, 0) is 10.0 Å². The molecule has 148 valence electrons. The van der Waals surface area contributed by atoms with Crippen molar-refractivity contribution in [1.82, 2.24) is 9.71 Å². The standard InChI is InChI=1S/C21H19N3O4S/c25-21(15-2-1-3-20(14-15)29(26,27)24-17-4-5-17)23-16-6-8-18(9-7-16)28-19-10-12-22-13-11-19/h1-3,6-14,17,24H,4-5H2,(H,23,25). The molecule has 2 N–H and O–H groups in total. The third kappa shape index (κ3) is 4.98. The van der Waals surface area contributed by atoms with Gasteiger partial charge >= 0.3 is 0 Å². The highest BCUT2D eigenvalue weighted by molar-refractivity contribution is 7.89. The molecule has 1 aliphatic carbocycles. The number of aromatic nitrogens is 1. The molecule has 7 nitrogen and oxygen atoms in total. The normalized spacial score (nSPS) is 13.7. The van der Waals surface area contributed by atoms with Crippen LogP contribution in [0.3, 0.4) is 0 Å². The van der Waals surface area contributed by atoms with E-state index >= 15 is 0 Å². The van der Waals surface area contributed by atoms with Gasteiger partial charge in [-0.25, -0.2) is 13.1 Å². The van der Waals surface area contributed by atoms with Crippen LogP contribution in [0.4, 0.5) is 5.69 Å². The molecule has 1 aliphatic rings. The number of rotatable bonds is 7. The summed E-state index contributed by atoms with van der Waals surface area (Å²) in [5.41, 5.74) is 0.835. The van der Waals surface area contributed by atoms with Gasteiger partial charge in [-0.15, -0.1) is 0 Å². The second-order valence-corrected chi connectivity index (χ2v) is 8.40. The molecular formula is C21H19N3O4S. The molecule has 8 heteroatoms. The van der Waals surface area contributed by atoms with Crippen molar-refractivity contribution in [3.63, 3.8) is 0 Å². The largest absolute Gasteiger partial charge is 0.457 e. The van der Waals surface area contributed by atoms with Crippen LogP contribution in [-0.4, -0.2) is 25.4 Å². The second-order valence-electron chi connectivity index (χ2n) is 6.69. The fraction of sp³-hybridized carbons (Fsp3) is 0.143. The van der Waals surface area contributed by atoms with Gasteiger partial charge in [0, 0.05) is 29.7 Å². The number of ether oxygens (including phenoxy) is 1. The number of sulfonamides is 1. The molecule has 1 heterocycles. The van der Waals surface area contributed by atoms with Gasteiger partial charge in [0.25, 0.3) is 5.91 Å². The molecule has 29 heavy (non-hydrogen) atoms. The van der Waals surface area contributed by atoms with E-state index in [0.717, 1.165) is 12.8 Å². The van der Waals surface area contributed by atoms with E-state index in [1.165, 1.54) is 12.1 Å². The van der Waals surface area contributed by atoms with Gasteiger partial charge in [0.05, 0.1) is 4.90 Å². The molecule has 2 aromatic carbocycles. The van der Waals surface area contributed by atoms with Crippen LogP contribution in [0.15, 0.2) is 78.0 Å². The SMILES string of the molecule is O=C(Nc1ccc(Oc2ccncc2)cc1)c1cccc(S(=O)(=O)NC2CC2)c1. The highest BCUT2D eigenvalue weighted by atomic mass is 32.2. The fourth-order valence-corrected chi connectivity index (χ4v) is 4.00. The maximum absolute atomic E-state index is 12.5. The number of hydrogen-bond acceptors (Lipinski definition) is 5. The lowest BCUT2D eigenvalue weighted by Gasteiger charge is -2.09. The van der Waals surface area contributed by atoms with Crippen molar-refractivity contribution in [2.45, 2.75) is 23.8 Å². The van der Waals surface area contributed by atoms with Crippen LogP contribution < -0.4 is 14.8 Å². The van der Waals surface area contributed by atoms with Crippen LogP contribution in [0.25, 0.3) is 0 Å². The number of anilines is 1. The molecule has 0 bridgehead atoms. The van der Waals surface area contributed by atoms with Gasteiger partial charge < -0.3 is 10.1 Å². The van der Waals surface area contributed by atoms with E-state index in [-0.39, 0.29) is 16.5 Å². The van der Waals surface area contributed by atoms with Crippen LogP contribution in [0.1, 0.15) is 23.2 Å². The second kappa shape index (κ2) is 8.02. The number of carbonyl (C=O) groups is 1. The predicted octanol–water partition coefficient (Wildman–Crippen LogP) is 3.57. The van der Waals surface area contributed by atoms with Crippen LogP contribution in [0.2, 0.25) is 0 Å². The zero-order valence-corrected chi connectivity index (χ0v) is 16.2. The van der Waals surface area contributed by atoms with Crippen LogP contribution in [0, 0.1) is 0 Å². The van der Waals surface area contributed by atoms with Crippen molar-refractivity contribution in [2.75, 3.05) is 5.32 Å². The van der Waals surface area contributed by atoms with Gasteiger partial charge in [-0.2, -0.15) is 0 Å². The Kier molecular flexibility index (Phi) is 5.28. The molecule has 0 spiro atoms. The maximum atomic E-state index is 12.5. The summed E-state index contributed by atoms with van der Waals surface area (Å²) in [4.78, 5) is 16.6. The van der Waals surface area contributed by atoms with Gasteiger partial charge in [0.1, 0.15) is 11.5 Å². The summed E-state index contributed by atoms with van der Waals surface area (Å²) in [6.45, 7) is 0. The van der Waals surface area contributed by atoms with E-state index in [4.69, 9.17) is 4.74 Å². The molecule has 0 atom stereocenters. The molecule has 0 radical (unpaired) electrons. The van der Waals surface area contributed by atoms with Gasteiger partial charge in [-0.1, -0.05) is 6.07 Å². The lowest BCUT2D eigenvalue weighted by atomic mass is 10.2. The molecule has 0 aliphatic heterocycles. The third-order valence-electron chi connectivity index (χ3n) is 4.30. The first-order valence-electron chi connectivity index (χ1n) is 9.11. The summed E-state index contributed by atoms with van der Waals surface area (Å²) >= 11 is 0. The number of pyridine rings is 1. The predicted molar refractivity (Wildman–Crippen MR) is 108 cm³/mol. The van der Waals surface area contributed by atoms with Gasteiger partial charge in [0.2, 0.25) is 10.0 Å². The highest BCUT2D eigenvalue weighted by Crippen LogP contribution is 2.24. The van der Waals surface area contributed by atoms with Gasteiger partial charge in [0.15, 0.2) is 0 Å². The summed E-state index contributed by atoms with van der Waals surface area (Å²) < 4.78 is 33.0.